The monoisotopic (exact) mass is 102 g/mol. The predicted molar refractivity (Wildman–Crippen MR) is 28.1 cm³/mol. The summed E-state index contributed by atoms with van der Waals surface area (Å²) in [6, 6.07) is 0. The SMILES string of the molecule is [2H]N1CCC(C)(O)C1. The van der Waals surface area contributed by atoms with Crippen molar-refractivity contribution in [2.24, 2.45) is 0 Å². The molecule has 0 amide bonds. The second kappa shape index (κ2) is 1.46. The number of aliphatic hydroxyl groups is 1. The van der Waals surface area contributed by atoms with Gasteiger partial charge in [0.25, 0.3) is 0 Å². The summed E-state index contributed by atoms with van der Waals surface area (Å²) in [6.45, 7) is 2.96. The minimum atomic E-state index is -0.595. The Bertz CT molecular complexity index is 94.4. The molecule has 0 bridgehead atoms. The first-order chi connectivity index (χ1) is 3.60. The first kappa shape index (κ1) is 3.87. The van der Waals surface area contributed by atoms with Gasteiger partial charge in [-0.2, -0.15) is 0 Å². The Hall–Kier alpha value is -0.0800. The molecule has 2 heteroatoms. The lowest BCUT2D eigenvalue weighted by Crippen LogP contribution is -2.26. The van der Waals surface area contributed by atoms with Gasteiger partial charge < -0.3 is 10.4 Å². The number of hydrogen-bond donors (Lipinski definition) is 2. The van der Waals surface area contributed by atoms with Gasteiger partial charge in [-0.3, -0.25) is 0 Å². The minimum Gasteiger partial charge on any atom is -0.389 e. The first-order valence-electron chi connectivity index (χ1n) is 3.01. The van der Waals surface area contributed by atoms with E-state index >= 15 is 0 Å². The van der Waals surface area contributed by atoms with Gasteiger partial charge in [0.15, 0.2) is 0 Å². The molecule has 0 aromatic carbocycles. The fourth-order valence-corrected chi connectivity index (χ4v) is 0.719. The third-order valence-electron chi connectivity index (χ3n) is 1.26. The zero-order chi connectivity index (χ0) is 6.20. The van der Waals surface area contributed by atoms with Crippen LogP contribution in [0.25, 0.3) is 0 Å². The molecule has 0 saturated carbocycles. The molecule has 1 unspecified atom stereocenters. The molecule has 1 heterocycles. The van der Waals surface area contributed by atoms with E-state index in [9.17, 15) is 5.11 Å². The molecule has 42 valence electrons. The third kappa shape index (κ3) is 1.14. The molecule has 0 spiro atoms. The molecule has 1 rings (SSSR count). The highest BCUT2D eigenvalue weighted by atomic mass is 16.3. The molecule has 1 fully saturated rings. The molecule has 1 atom stereocenters. The van der Waals surface area contributed by atoms with Gasteiger partial charge in [-0.05, 0) is 19.9 Å². The molecule has 2 N–H and O–H groups in total. The second-order valence-corrected chi connectivity index (χ2v) is 2.35. The molecule has 1 aliphatic heterocycles. The van der Waals surface area contributed by atoms with Crippen LogP contribution < -0.4 is 5.31 Å². The van der Waals surface area contributed by atoms with E-state index in [0.717, 1.165) is 6.42 Å². The van der Waals surface area contributed by atoms with E-state index in [1.54, 1.807) is 6.92 Å². The topological polar surface area (TPSA) is 32.3 Å². The van der Waals surface area contributed by atoms with Gasteiger partial charge >= 0.3 is 0 Å². The summed E-state index contributed by atoms with van der Waals surface area (Å²) in [4.78, 5) is 0. The van der Waals surface area contributed by atoms with Crippen molar-refractivity contribution in [3.63, 3.8) is 0 Å². The van der Waals surface area contributed by atoms with Crippen LogP contribution in [0.3, 0.4) is 0 Å². The second-order valence-electron chi connectivity index (χ2n) is 2.35. The van der Waals surface area contributed by atoms with E-state index in [-0.39, 0.29) is 0 Å². The van der Waals surface area contributed by atoms with Crippen LogP contribution in [0.4, 0.5) is 0 Å². The highest BCUT2D eigenvalue weighted by molar-refractivity contribution is 4.82. The maximum absolute atomic E-state index is 9.20. The Morgan fingerprint density at radius 2 is 2.71 bits per heavy atom. The molecular formula is C5H11NO. The predicted octanol–water partition coefficient (Wildman–Crippen LogP) is -0.269. The number of rotatable bonds is 0. The van der Waals surface area contributed by atoms with Crippen LogP contribution in [-0.2, 0) is 0 Å². The van der Waals surface area contributed by atoms with Crippen LogP contribution >= 0.6 is 0 Å². The highest BCUT2D eigenvalue weighted by Crippen LogP contribution is 2.10. The van der Waals surface area contributed by atoms with Gasteiger partial charge in [-0.1, -0.05) is 0 Å². The van der Waals surface area contributed by atoms with Gasteiger partial charge in [-0.25, -0.2) is 0 Å². The van der Waals surface area contributed by atoms with Gasteiger partial charge in [0, 0.05) is 6.54 Å². The molecule has 0 radical (unpaired) electrons. The summed E-state index contributed by atoms with van der Waals surface area (Å²) in [6.07, 6.45) is 0.733. The molecule has 0 aromatic rings. The van der Waals surface area contributed by atoms with Crippen molar-refractivity contribution in [3.05, 3.63) is 0 Å². The lowest BCUT2D eigenvalue weighted by atomic mass is 10.1. The zero-order valence-electron chi connectivity index (χ0n) is 5.52. The van der Waals surface area contributed by atoms with Gasteiger partial charge in [0.1, 0.15) is 1.41 Å². The van der Waals surface area contributed by atoms with E-state index in [0.29, 0.717) is 13.1 Å². The van der Waals surface area contributed by atoms with Crippen LogP contribution in [0.15, 0.2) is 0 Å². The quantitative estimate of drug-likeness (QED) is 0.441. The van der Waals surface area contributed by atoms with Crippen LogP contribution in [0.1, 0.15) is 13.3 Å². The Morgan fingerprint density at radius 3 is 2.86 bits per heavy atom. The Morgan fingerprint density at radius 1 is 2.00 bits per heavy atom. The maximum atomic E-state index is 9.20. The molecule has 0 aliphatic carbocycles. The maximum Gasteiger partial charge on any atom is 0.122 e. The molecule has 1 saturated heterocycles. The van der Waals surface area contributed by atoms with Crippen LogP contribution in [0, 0.1) is 0 Å². The van der Waals surface area contributed by atoms with Crippen LogP contribution in [-0.4, -0.2) is 23.8 Å². The van der Waals surface area contributed by atoms with Gasteiger partial charge in [0.05, 0.1) is 5.60 Å². The van der Waals surface area contributed by atoms with Crippen molar-refractivity contribution in [3.8, 4) is 0 Å². The number of β-amino-alcohol motifs (C(OH)–C–C–N with tert-alkyl or cyclic N) is 1. The standard InChI is InChI=1S/C5H11NO/c1-5(7)2-3-6-4-5/h6-7H,2-4H2,1H3/i/hD. The van der Waals surface area contributed by atoms with Crippen molar-refractivity contribution >= 4 is 0 Å². The average molecular weight is 102 g/mol. The fraction of sp³-hybridized carbons (Fsp3) is 1.00. The van der Waals surface area contributed by atoms with Crippen molar-refractivity contribution in [1.82, 2.24) is 5.31 Å². The summed E-state index contributed by atoms with van der Waals surface area (Å²) in [5.74, 6) is 0. The Labute approximate surface area is 45.0 Å². The molecule has 0 aromatic heterocycles. The number of nitrogens with one attached hydrogen (secondary N) is 1. The largest absolute Gasteiger partial charge is 0.389 e. The summed E-state index contributed by atoms with van der Waals surface area (Å²) >= 11 is 0. The molecule has 7 heavy (non-hydrogen) atoms. The van der Waals surface area contributed by atoms with Crippen molar-refractivity contribution < 1.29 is 6.52 Å². The Balaban J connectivity index is 2.44. The summed E-state index contributed by atoms with van der Waals surface area (Å²) in [5, 5.41) is 10.6. The smallest absolute Gasteiger partial charge is 0.122 e. The van der Waals surface area contributed by atoms with E-state index in [2.05, 4.69) is 0 Å². The molecular weight excluding hydrogens is 90.1 g/mol. The molecule has 1 aliphatic rings. The normalized spacial score (nSPS) is 46.9. The number of hydrogen-bond acceptors (Lipinski definition) is 2. The van der Waals surface area contributed by atoms with E-state index in [4.69, 9.17) is 1.41 Å². The fourth-order valence-electron chi connectivity index (χ4n) is 0.719. The van der Waals surface area contributed by atoms with E-state index in [1.165, 1.54) is 5.31 Å². The van der Waals surface area contributed by atoms with E-state index in [1.807, 2.05) is 0 Å². The first-order valence-corrected chi connectivity index (χ1v) is 2.56. The van der Waals surface area contributed by atoms with Crippen LogP contribution in [0.5, 0.6) is 0 Å². The molecule has 2 nitrogen and oxygen atoms in total. The van der Waals surface area contributed by atoms with Crippen molar-refractivity contribution in [2.75, 3.05) is 13.1 Å². The summed E-state index contributed by atoms with van der Waals surface area (Å²) < 4.78 is 7.06. The lowest BCUT2D eigenvalue weighted by molar-refractivity contribution is 0.0820. The summed E-state index contributed by atoms with van der Waals surface area (Å²) in [7, 11) is 0. The van der Waals surface area contributed by atoms with Crippen molar-refractivity contribution in [2.45, 2.75) is 18.9 Å². The minimum absolute atomic E-state index is 0.493. The van der Waals surface area contributed by atoms with Crippen LogP contribution in [0.2, 0.25) is 1.41 Å². The highest BCUT2D eigenvalue weighted by Gasteiger charge is 2.23. The van der Waals surface area contributed by atoms with Gasteiger partial charge in [0.2, 0.25) is 0 Å². The van der Waals surface area contributed by atoms with Gasteiger partial charge in [-0.15, -0.1) is 0 Å². The third-order valence-corrected chi connectivity index (χ3v) is 1.26. The van der Waals surface area contributed by atoms with Crippen molar-refractivity contribution in [1.29, 1.82) is 0 Å². The zero-order valence-corrected chi connectivity index (χ0v) is 4.52. The Kier molecular flexibility index (Phi) is 0.804. The summed E-state index contributed by atoms with van der Waals surface area (Å²) in [5.41, 5.74) is -0.595. The lowest BCUT2D eigenvalue weighted by Gasteiger charge is -2.11. The average Bonchev–Trinajstić information content (AvgIpc) is 1.82. The van der Waals surface area contributed by atoms with E-state index < -0.39 is 5.60 Å².